The number of unbranched alkanes of at least 4 members (excludes halogenated alkanes) is 2. The summed E-state index contributed by atoms with van der Waals surface area (Å²) < 4.78 is 21.7. The molecule has 2 N–H and O–H groups in total. The van der Waals surface area contributed by atoms with Crippen LogP contribution in [0, 0.1) is 11.8 Å². The summed E-state index contributed by atoms with van der Waals surface area (Å²) in [5, 5.41) is 6.70. The van der Waals surface area contributed by atoms with Crippen molar-refractivity contribution in [1.29, 1.82) is 0 Å². The first-order valence-corrected chi connectivity index (χ1v) is 26.0. The van der Waals surface area contributed by atoms with E-state index in [4.69, 9.17) is 18.9 Å². The number of carbonyl (C=O) groups is 4. The zero-order valence-corrected chi connectivity index (χ0v) is 41.1. The van der Waals surface area contributed by atoms with Crippen molar-refractivity contribution in [2.24, 2.45) is 11.8 Å². The number of rotatable bonds is 34. The summed E-state index contributed by atoms with van der Waals surface area (Å²) in [6.07, 6.45) is 15.1. The van der Waals surface area contributed by atoms with Crippen LogP contribution < -0.4 is 10.6 Å². The minimum Gasteiger partial charge on any atom is -0.466 e. The lowest BCUT2D eigenvalue weighted by molar-refractivity contribution is -0.146. The molecule has 2 atom stereocenters. The molecule has 4 fully saturated rings. The molecule has 65 heavy (non-hydrogen) atoms. The van der Waals surface area contributed by atoms with Crippen LogP contribution in [0.5, 0.6) is 0 Å². The van der Waals surface area contributed by atoms with Gasteiger partial charge in [-0.1, -0.05) is 6.42 Å². The first-order valence-electron chi connectivity index (χ1n) is 26.0. The number of ether oxygens (including phenoxy) is 4. The van der Waals surface area contributed by atoms with Crippen LogP contribution in [0.15, 0.2) is 0 Å². The Hall–Kier alpha value is -2.44. The molecule has 4 saturated heterocycles. The van der Waals surface area contributed by atoms with Crippen molar-refractivity contribution in [3.8, 4) is 0 Å². The fourth-order valence-electron chi connectivity index (χ4n) is 9.44. The molecule has 4 heterocycles. The van der Waals surface area contributed by atoms with Gasteiger partial charge in [-0.3, -0.25) is 19.2 Å². The summed E-state index contributed by atoms with van der Waals surface area (Å²) in [5.41, 5.74) is 0. The summed E-state index contributed by atoms with van der Waals surface area (Å²) >= 11 is 0. The lowest BCUT2D eigenvalue weighted by Crippen LogP contribution is -2.45. The second-order valence-corrected chi connectivity index (χ2v) is 19.3. The maximum Gasteiger partial charge on any atom is 0.307 e. The minimum absolute atomic E-state index is 0.144. The molecule has 0 aromatic heterocycles. The van der Waals surface area contributed by atoms with E-state index in [9.17, 15) is 19.2 Å². The van der Waals surface area contributed by atoms with Gasteiger partial charge in [-0.15, -0.1) is 0 Å². The van der Waals surface area contributed by atoms with E-state index in [0.29, 0.717) is 103 Å². The Labute approximate surface area is 393 Å². The van der Waals surface area contributed by atoms with E-state index in [1.165, 1.54) is 44.9 Å². The normalized spacial score (nSPS) is 21.0. The third-order valence-electron chi connectivity index (χ3n) is 13.7. The van der Waals surface area contributed by atoms with Gasteiger partial charge in [0.2, 0.25) is 0 Å². The molecule has 0 aliphatic carbocycles. The van der Waals surface area contributed by atoms with Gasteiger partial charge in [0.25, 0.3) is 0 Å². The lowest BCUT2D eigenvalue weighted by atomic mass is 9.88. The highest BCUT2D eigenvalue weighted by Crippen LogP contribution is 2.26. The SMILES string of the molecule is CN1CCN(CCCNCCC(=O)OCCCCOC(=O)CCN2CCCC(CCCC3CCCN(CCC(=O)OCCCCOC(=O)CCNCCCN4CCN(C)CC4)C3)C2)CC1. The number of hydrogen-bond acceptors (Lipinski definition) is 16. The van der Waals surface area contributed by atoms with E-state index in [-0.39, 0.29) is 23.9 Å². The van der Waals surface area contributed by atoms with Crippen LogP contribution in [0.25, 0.3) is 0 Å². The van der Waals surface area contributed by atoms with Crippen molar-refractivity contribution < 1.29 is 38.1 Å². The molecule has 0 aromatic rings. The highest BCUT2D eigenvalue weighted by molar-refractivity contribution is 5.70. The number of hydrogen-bond donors (Lipinski definition) is 2. The summed E-state index contributed by atoms with van der Waals surface area (Å²) in [6.45, 7) is 21.6. The predicted octanol–water partition coefficient (Wildman–Crippen LogP) is 3.33. The second kappa shape index (κ2) is 34.8. The number of piperazine rings is 2. The molecule has 4 rings (SSSR count). The molecular weight excluding hydrogens is 829 g/mol. The van der Waals surface area contributed by atoms with E-state index >= 15 is 0 Å². The number of nitrogens with zero attached hydrogens (tertiary/aromatic N) is 6. The van der Waals surface area contributed by atoms with Gasteiger partial charge in [-0.2, -0.15) is 0 Å². The molecule has 0 spiro atoms. The largest absolute Gasteiger partial charge is 0.466 e. The topological polar surface area (TPSA) is 149 Å². The molecule has 16 heteroatoms. The van der Waals surface area contributed by atoms with E-state index < -0.39 is 0 Å². The van der Waals surface area contributed by atoms with Gasteiger partial charge in [0, 0.05) is 91.6 Å². The van der Waals surface area contributed by atoms with Gasteiger partial charge in [0.05, 0.1) is 52.1 Å². The number of likely N-dealkylation sites (N-methyl/N-ethyl adjacent to an activating group) is 2. The van der Waals surface area contributed by atoms with Gasteiger partial charge < -0.3 is 59.0 Å². The maximum absolute atomic E-state index is 12.4. The molecule has 0 radical (unpaired) electrons. The van der Waals surface area contributed by atoms with E-state index in [0.717, 1.165) is 131 Å². The minimum atomic E-state index is -0.177. The van der Waals surface area contributed by atoms with Crippen LogP contribution in [0.4, 0.5) is 0 Å². The van der Waals surface area contributed by atoms with Crippen molar-refractivity contribution >= 4 is 23.9 Å². The highest BCUT2D eigenvalue weighted by Gasteiger charge is 2.24. The van der Waals surface area contributed by atoms with Crippen LogP contribution in [0.3, 0.4) is 0 Å². The fraction of sp³-hybridized carbons (Fsp3) is 0.918. The Morgan fingerprint density at radius 1 is 0.415 bits per heavy atom. The summed E-state index contributed by atoms with van der Waals surface area (Å²) in [5.74, 6) is 0.722. The van der Waals surface area contributed by atoms with Gasteiger partial charge in [-0.25, -0.2) is 0 Å². The standard InChI is InChI=1S/C49H92N8O8/c1-52-30-34-54(35-31-52)26-10-20-50-22-16-46(58)62-38-3-5-40-64-48(60)18-28-56-24-8-14-44(42-56)12-7-13-45-15-9-25-57(43-45)29-19-49(61)65-41-6-4-39-63-47(59)17-23-51-21-11-27-55-36-32-53(2)33-37-55/h44-45,50-51H,3-43H2,1-2H3. The highest BCUT2D eigenvalue weighted by atomic mass is 16.5. The smallest absolute Gasteiger partial charge is 0.307 e. The van der Waals surface area contributed by atoms with Crippen molar-refractivity contribution in [1.82, 2.24) is 40.0 Å². The number of piperidine rings is 2. The first-order chi connectivity index (χ1) is 31.7. The molecule has 16 nitrogen and oxygen atoms in total. The molecule has 0 bridgehead atoms. The zero-order chi connectivity index (χ0) is 46.2. The fourth-order valence-corrected chi connectivity index (χ4v) is 9.44. The zero-order valence-electron chi connectivity index (χ0n) is 41.1. The van der Waals surface area contributed by atoms with Crippen molar-refractivity contribution in [3.05, 3.63) is 0 Å². The Morgan fingerprint density at radius 3 is 1.17 bits per heavy atom. The Balaban J connectivity index is 0.888. The third-order valence-corrected chi connectivity index (χ3v) is 13.7. The molecule has 4 aliphatic heterocycles. The number of likely N-dealkylation sites (tertiary alicyclic amines) is 2. The van der Waals surface area contributed by atoms with Gasteiger partial charge in [0.15, 0.2) is 0 Å². The summed E-state index contributed by atoms with van der Waals surface area (Å²) in [6, 6.07) is 0. The number of carbonyl (C=O) groups excluding carboxylic acids is 4. The monoisotopic (exact) mass is 921 g/mol. The van der Waals surface area contributed by atoms with Crippen molar-refractivity contribution in [3.63, 3.8) is 0 Å². The van der Waals surface area contributed by atoms with Crippen molar-refractivity contribution in [2.75, 3.05) is 171 Å². The summed E-state index contributed by atoms with van der Waals surface area (Å²) in [4.78, 5) is 63.6. The average molecular weight is 921 g/mol. The van der Waals surface area contributed by atoms with Crippen molar-refractivity contribution in [2.45, 2.75) is 109 Å². The Bertz CT molecular complexity index is 1190. The van der Waals surface area contributed by atoms with E-state index in [2.05, 4.69) is 54.1 Å². The molecule has 0 aromatic carbocycles. The third kappa shape index (κ3) is 27.2. The van der Waals surface area contributed by atoms with Crippen LogP contribution in [0.2, 0.25) is 0 Å². The Morgan fingerprint density at radius 2 is 0.785 bits per heavy atom. The maximum atomic E-state index is 12.4. The number of esters is 4. The number of nitrogens with one attached hydrogen (secondary N) is 2. The van der Waals surface area contributed by atoms with E-state index in [1.54, 1.807) is 0 Å². The summed E-state index contributed by atoms with van der Waals surface area (Å²) in [7, 11) is 4.34. The molecule has 0 amide bonds. The Kier molecular flexibility index (Phi) is 29.5. The van der Waals surface area contributed by atoms with Gasteiger partial charge in [-0.05, 0) is 142 Å². The van der Waals surface area contributed by atoms with E-state index in [1.807, 2.05) is 0 Å². The van der Waals surface area contributed by atoms with Crippen LogP contribution in [-0.4, -0.2) is 225 Å². The lowest BCUT2D eigenvalue weighted by Gasteiger charge is -2.34. The second-order valence-electron chi connectivity index (χ2n) is 19.3. The van der Waals surface area contributed by atoms with Gasteiger partial charge in [0.1, 0.15) is 0 Å². The van der Waals surface area contributed by atoms with Crippen LogP contribution in [-0.2, 0) is 38.1 Å². The molecule has 4 aliphatic rings. The van der Waals surface area contributed by atoms with Gasteiger partial charge >= 0.3 is 23.9 Å². The average Bonchev–Trinajstić information content (AvgIpc) is 3.31. The first kappa shape index (κ1) is 55.2. The van der Waals surface area contributed by atoms with Crippen LogP contribution >= 0.6 is 0 Å². The molecule has 0 saturated carbocycles. The molecule has 2 unspecified atom stereocenters. The quantitative estimate of drug-likeness (QED) is 0.0552. The molecule has 376 valence electrons. The predicted molar refractivity (Wildman–Crippen MR) is 256 cm³/mol. The van der Waals surface area contributed by atoms with Crippen LogP contribution in [0.1, 0.15) is 109 Å². The molecular formula is C49H92N8O8.